The molecule has 2 heteroatoms. The zero-order valence-corrected chi connectivity index (χ0v) is 11.7. The molecule has 3 aromatic rings. The highest BCUT2D eigenvalue weighted by Crippen LogP contribution is 2.31. The highest BCUT2D eigenvalue weighted by atomic mass is 16.3. The summed E-state index contributed by atoms with van der Waals surface area (Å²) in [5.74, 6) is 0. The summed E-state index contributed by atoms with van der Waals surface area (Å²) >= 11 is 0. The van der Waals surface area contributed by atoms with Gasteiger partial charge >= 0.3 is 0 Å². The zero-order valence-electron chi connectivity index (χ0n) is 11.7. The van der Waals surface area contributed by atoms with Crippen molar-refractivity contribution in [3.8, 4) is 0 Å². The number of aromatic nitrogens is 1. The molecule has 0 aliphatic heterocycles. The molecule has 0 bridgehead atoms. The van der Waals surface area contributed by atoms with Crippen LogP contribution in [0.15, 0.2) is 30.3 Å². The van der Waals surface area contributed by atoms with Crippen LogP contribution in [0.3, 0.4) is 0 Å². The Morgan fingerprint density at radius 2 is 1.63 bits per heavy atom. The van der Waals surface area contributed by atoms with E-state index in [4.69, 9.17) is 0 Å². The third-order valence-corrected chi connectivity index (χ3v) is 4.04. The van der Waals surface area contributed by atoms with E-state index < -0.39 is 0 Å². The van der Waals surface area contributed by atoms with E-state index in [-0.39, 0.29) is 6.61 Å². The van der Waals surface area contributed by atoms with Crippen molar-refractivity contribution in [2.24, 2.45) is 0 Å². The smallest absolute Gasteiger partial charge is 0.0682 e. The molecule has 0 aliphatic carbocycles. The standard InChI is InChI=1S/C17H19NO/c1-4-18-16-6-5-13(10-19)9-15(16)14-7-11(2)12(3)8-17(14)18/h5-9,19H,4,10H2,1-3H3. The Morgan fingerprint density at radius 3 is 2.32 bits per heavy atom. The van der Waals surface area contributed by atoms with E-state index in [0.717, 1.165) is 12.1 Å². The summed E-state index contributed by atoms with van der Waals surface area (Å²) in [6.45, 7) is 7.54. The number of aliphatic hydroxyl groups is 1. The van der Waals surface area contributed by atoms with Gasteiger partial charge < -0.3 is 9.67 Å². The molecular weight excluding hydrogens is 234 g/mol. The van der Waals surface area contributed by atoms with Crippen molar-refractivity contribution in [1.82, 2.24) is 4.57 Å². The van der Waals surface area contributed by atoms with E-state index in [1.165, 1.54) is 32.9 Å². The number of aliphatic hydroxyl groups excluding tert-OH is 1. The van der Waals surface area contributed by atoms with Crippen LogP contribution in [0.2, 0.25) is 0 Å². The lowest BCUT2D eigenvalue weighted by Gasteiger charge is -2.05. The Bertz CT molecular complexity index is 768. The molecule has 1 heterocycles. The monoisotopic (exact) mass is 253 g/mol. The molecule has 0 amide bonds. The average Bonchev–Trinajstić information content (AvgIpc) is 2.71. The van der Waals surface area contributed by atoms with Gasteiger partial charge in [0.05, 0.1) is 6.61 Å². The first-order chi connectivity index (χ1) is 9.15. The second-order valence-corrected chi connectivity index (χ2v) is 5.21. The highest BCUT2D eigenvalue weighted by molar-refractivity contribution is 6.08. The fourth-order valence-corrected chi connectivity index (χ4v) is 2.84. The van der Waals surface area contributed by atoms with Crippen molar-refractivity contribution in [3.63, 3.8) is 0 Å². The maximum Gasteiger partial charge on any atom is 0.0682 e. The van der Waals surface area contributed by atoms with Gasteiger partial charge in [0.25, 0.3) is 0 Å². The van der Waals surface area contributed by atoms with Crippen molar-refractivity contribution in [1.29, 1.82) is 0 Å². The lowest BCUT2D eigenvalue weighted by molar-refractivity contribution is 0.282. The first-order valence-electron chi connectivity index (χ1n) is 6.78. The topological polar surface area (TPSA) is 25.2 Å². The molecule has 3 rings (SSSR count). The van der Waals surface area contributed by atoms with Crippen LogP contribution in [0.5, 0.6) is 0 Å². The molecule has 0 spiro atoms. The summed E-state index contributed by atoms with van der Waals surface area (Å²) in [7, 11) is 0. The number of benzene rings is 2. The minimum Gasteiger partial charge on any atom is -0.392 e. The number of rotatable bonds is 2. The minimum absolute atomic E-state index is 0.0968. The van der Waals surface area contributed by atoms with Crippen molar-refractivity contribution in [3.05, 3.63) is 47.0 Å². The second-order valence-electron chi connectivity index (χ2n) is 5.21. The molecule has 0 atom stereocenters. The Morgan fingerprint density at radius 1 is 0.947 bits per heavy atom. The molecule has 0 radical (unpaired) electrons. The molecule has 0 fully saturated rings. The fourth-order valence-electron chi connectivity index (χ4n) is 2.84. The summed E-state index contributed by atoms with van der Waals surface area (Å²) in [4.78, 5) is 0. The van der Waals surface area contributed by atoms with Gasteiger partial charge in [-0.25, -0.2) is 0 Å². The van der Waals surface area contributed by atoms with Gasteiger partial charge in [-0.2, -0.15) is 0 Å². The Balaban J connectivity index is 2.50. The van der Waals surface area contributed by atoms with Crippen molar-refractivity contribution in [2.45, 2.75) is 33.9 Å². The van der Waals surface area contributed by atoms with Crippen molar-refractivity contribution in [2.75, 3.05) is 0 Å². The van der Waals surface area contributed by atoms with Gasteiger partial charge in [-0.15, -0.1) is 0 Å². The zero-order chi connectivity index (χ0) is 13.6. The number of hydrogen-bond donors (Lipinski definition) is 1. The molecule has 2 nitrogen and oxygen atoms in total. The number of fused-ring (bicyclic) bond motifs is 3. The number of aryl methyl sites for hydroxylation is 3. The molecule has 1 aromatic heterocycles. The SMILES string of the molecule is CCn1c2ccc(CO)cc2c2cc(C)c(C)cc21. The molecule has 19 heavy (non-hydrogen) atoms. The van der Waals surface area contributed by atoms with Crippen LogP contribution in [0.25, 0.3) is 21.8 Å². The lowest BCUT2D eigenvalue weighted by atomic mass is 10.0. The summed E-state index contributed by atoms with van der Waals surface area (Å²) in [6.07, 6.45) is 0. The largest absolute Gasteiger partial charge is 0.392 e. The van der Waals surface area contributed by atoms with Crippen molar-refractivity contribution < 1.29 is 5.11 Å². The van der Waals surface area contributed by atoms with Crippen LogP contribution in [-0.2, 0) is 13.2 Å². The van der Waals surface area contributed by atoms with Crippen LogP contribution < -0.4 is 0 Å². The molecular formula is C17H19NO. The minimum atomic E-state index is 0.0968. The lowest BCUT2D eigenvalue weighted by Crippen LogP contribution is -1.93. The first kappa shape index (κ1) is 12.2. The van der Waals surface area contributed by atoms with Gasteiger partial charge in [-0.3, -0.25) is 0 Å². The molecule has 0 saturated heterocycles. The Kier molecular flexibility index (Phi) is 2.83. The van der Waals surface area contributed by atoms with Gasteiger partial charge in [0.2, 0.25) is 0 Å². The molecule has 98 valence electrons. The number of nitrogens with zero attached hydrogens (tertiary/aromatic N) is 1. The quantitative estimate of drug-likeness (QED) is 0.735. The molecule has 2 aromatic carbocycles. The maximum absolute atomic E-state index is 9.33. The van der Waals surface area contributed by atoms with Crippen LogP contribution >= 0.6 is 0 Å². The van der Waals surface area contributed by atoms with Crippen molar-refractivity contribution >= 4 is 21.8 Å². The van der Waals surface area contributed by atoms with Crippen LogP contribution in [0, 0.1) is 13.8 Å². The predicted molar refractivity (Wildman–Crippen MR) is 80.5 cm³/mol. The van der Waals surface area contributed by atoms with Crippen LogP contribution in [-0.4, -0.2) is 9.67 Å². The first-order valence-corrected chi connectivity index (χ1v) is 6.78. The van der Waals surface area contributed by atoms with E-state index in [2.05, 4.69) is 49.6 Å². The third-order valence-electron chi connectivity index (χ3n) is 4.04. The van der Waals surface area contributed by atoms with E-state index in [1.807, 2.05) is 6.07 Å². The van der Waals surface area contributed by atoms with E-state index in [9.17, 15) is 5.11 Å². The Labute approximate surface area is 113 Å². The summed E-state index contributed by atoms with van der Waals surface area (Å²) in [6, 6.07) is 10.8. The predicted octanol–water partition coefficient (Wildman–Crippen LogP) is 3.92. The summed E-state index contributed by atoms with van der Waals surface area (Å²) < 4.78 is 2.35. The van der Waals surface area contributed by atoms with Gasteiger partial charge in [0.15, 0.2) is 0 Å². The van der Waals surface area contributed by atoms with Gasteiger partial charge in [-0.1, -0.05) is 6.07 Å². The van der Waals surface area contributed by atoms with E-state index >= 15 is 0 Å². The van der Waals surface area contributed by atoms with Crippen LogP contribution in [0.1, 0.15) is 23.6 Å². The van der Waals surface area contributed by atoms with Gasteiger partial charge in [0, 0.05) is 28.4 Å². The number of hydrogen-bond acceptors (Lipinski definition) is 1. The maximum atomic E-state index is 9.33. The normalized spacial score (nSPS) is 11.6. The third kappa shape index (κ3) is 1.75. The van der Waals surface area contributed by atoms with Gasteiger partial charge in [-0.05, 0) is 61.7 Å². The molecule has 0 unspecified atom stereocenters. The van der Waals surface area contributed by atoms with E-state index in [0.29, 0.717) is 0 Å². The summed E-state index contributed by atoms with van der Waals surface area (Å²) in [5.41, 5.74) is 6.15. The van der Waals surface area contributed by atoms with Gasteiger partial charge in [0.1, 0.15) is 0 Å². The second kappa shape index (κ2) is 4.39. The van der Waals surface area contributed by atoms with Crippen LogP contribution in [0.4, 0.5) is 0 Å². The molecule has 1 N–H and O–H groups in total. The highest BCUT2D eigenvalue weighted by Gasteiger charge is 2.11. The molecule has 0 aliphatic rings. The molecule has 0 saturated carbocycles. The van der Waals surface area contributed by atoms with E-state index in [1.54, 1.807) is 0 Å². The fraction of sp³-hybridized carbons (Fsp3) is 0.294. The average molecular weight is 253 g/mol. The Hall–Kier alpha value is -1.80. The summed E-state index contributed by atoms with van der Waals surface area (Å²) in [5, 5.41) is 11.9.